The maximum Gasteiger partial charge on any atom is 0.0462 e. The van der Waals surface area contributed by atoms with Crippen LogP contribution in [0.5, 0.6) is 0 Å². The van der Waals surface area contributed by atoms with Gasteiger partial charge in [-0.15, -0.1) is 0 Å². The van der Waals surface area contributed by atoms with Gasteiger partial charge >= 0.3 is 0 Å². The molecule has 1 nitrogen and oxygen atoms in total. The van der Waals surface area contributed by atoms with Crippen LogP contribution in [-0.4, -0.2) is 0 Å². The summed E-state index contributed by atoms with van der Waals surface area (Å²) in [5.74, 6) is 0. The lowest BCUT2D eigenvalue weighted by Crippen LogP contribution is -2.17. The molecular formula is C43H39N. The van der Waals surface area contributed by atoms with Gasteiger partial charge in [0, 0.05) is 17.1 Å². The zero-order chi connectivity index (χ0) is 30.3. The predicted octanol–water partition coefficient (Wildman–Crippen LogP) is 12.1. The Morgan fingerprint density at radius 3 is 1.14 bits per heavy atom. The predicted molar refractivity (Wildman–Crippen MR) is 188 cm³/mol. The number of nitrogens with zero attached hydrogens (tertiary/aromatic N) is 1. The second kappa shape index (κ2) is 11.0. The van der Waals surface area contributed by atoms with Gasteiger partial charge < -0.3 is 4.90 Å². The SMILES string of the molecule is CC1(C)CC(C)(C)c2cc(-c3ccc(N(c4ccc(-c5ccccc5)cc4)c4ccc(-c5ccccc5)cc4)cc3)ccc21. The monoisotopic (exact) mass is 569 g/mol. The van der Waals surface area contributed by atoms with Crippen molar-refractivity contribution in [3.8, 4) is 33.4 Å². The molecule has 1 aliphatic rings. The standard InChI is InChI=1S/C43H39N/c1-42(2)30-43(3,4)41-29-36(21-28-40(41)42)35-19-26-39(27-20-35)44(37-22-15-33(16-23-37)31-11-7-5-8-12-31)38-24-17-34(18-25-38)32-13-9-6-10-14-32/h5-29H,30H2,1-4H3. The van der Waals surface area contributed by atoms with E-state index in [0.717, 1.165) is 17.1 Å². The van der Waals surface area contributed by atoms with E-state index in [1.165, 1.54) is 50.9 Å². The summed E-state index contributed by atoms with van der Waals surface area (Å²) in [6.07, 6.45) is 1.18. The highest BCUT2D eigenvalue weighted by atomic mass is 15.1. The molecule has 1 heteroatoms. The Hall–Kier alpha value is -4.88. The average Bonchev–Trinajstić information content (AvgIpc) is 3.25. The van der Waals surface area contributed by atoms with Crippen LogP contribution in [0.3, 0.4) is 0 Å². The number of benzene rings is 6. The first-order chi connectivity index (χ1) is 21.3. The molecule has 0 saturated heterocycles. The van der Waals surface area contributed by atoms with Gasteiger partial charge in [-0.05, 0) is 98.2 Å². The van der Waals surface area contributed by atoms with E-state index in [2.05, 4.69) is 184 Å². The Morgan fingerprint density at radius 1 is 0.364 bits per heavy atom. The van der Waals surface area contributed by atoms with Crippen LogP contribution in [0.15, 0.2) is 152 Å². The number of rotatable bonds is 6. The molecule has 1 aliphatic carbocycles. The van der Waals surface area contributed by atoms with Gasteiger partial charge in [0.2, 0.25) is 0 Å². The topological polar surface area (TPSA) is 3.24 Å². The van der Waals surface area contributed by atoms with Crippen LogP contribution in [0, 0.1) is 0 Å². The molecular weight excluding hydrogens is 530 g/mol. The fourth-order valence-corrected chi connectivity index (χ4v) is 7.29. The summed E-state index contributed by atoms with van der Waals surface area (Å²) in [5.41, 5.74) is 14.2. The van der Waals surface area contributed by atoms with Gasteiger partial charge in [0.05, 0.1) is 0 Å². The molecule has 0 heterocycles. The Kier molecular flexibility index (Phi) is 6.98. The van der Waals surface area contributed by atoms with Gasteiger partial charge in [0.15, 0.2) is 0 Å². The van der Waals surface area contributed by atoms with Gasteiger partial charge in [-0.25, -0.2) is 0 Å². The van der Waals surface area contributed by atoms with E-state index in [-0.39, 0.29) is 10.8 Å². The molecule has 216 valence electrons. The van der Waals surface area contributed by atoms with Gasteiger partial charge in [-0.3, -0.25) is 0 Å². The zero-order valence-electron chi connectivity index (χ0n) is 26.1. The normalized spacial score (nSPS) is 14.6. The Balaban J connectivity index is 1.25. The molecule has 0 saturated carbocycles. The van der Waals surface area contributed by atoms with Crippen LogP contribution in [0.25, 0.3) is 33.4 Å². The van der Waals surface area contributed by atoms with E-state index < -0.39 is 0 Å². The summed E-state index contributed by atoms with van der Waals surface area (Å²) in [7, 11) is 0. The minimum Gasteiger partial charge on any atom is -0.311 e. The lowest BCUT2D eigenvalue weighted by Gasteiger charge is -2.26. The quantitative estimate of drug-likeness (QED) is 0.193. The number of anilines is 3. The van der Waals surface area contributed by atoms with Gasteiger partial charge in [0.1, 0.15) is 0 Å². The van der Waals surface area contributed by atoms with Gasteiger partial charge in [-0.1, -0.05) is 143 Å². The zero-order valence-corrected chi connectivity index (χ0v) is 26.1. The van der Waals surface area contributed by atoms with Crippen LogP contribution < -0.4 is 4.90 Å². The molecule has 0 unspecified atom stereocenters. The van der Waals surface area contributed by atoms with Crippen molar-refractivity contribution in [2.45, 2.75) is 44.9 Å². The van der Waals surface area contributed by atoms with Crippen LogP contribution in [0.4, 0.5) is 17.1 Å². The number of hydrogen-bond donors (Lipinski definition) is 0. The molecule has 6 aromatic carbocycles. The van der Waals surface area contributed by atoms with E-state index in [0.29, 0.717) is 0 Å². The summed E-state index contributed by atoms with van der Waals surface area (Å²) in [5, 5.41) is 0. The van der Waals surface area contributed by atoms with E-state index in [1.807, 2.05) is 0 Å². The van der Waals surface area contributed by atoms with Crippen molar-refractivity contribution >= 4 is 17.1 Å². The number of hydrogen-bond acceptors (Lipinski definition) is 1. The van der Waals surface area contributed by atoms with Crippen molar-refractivity contribution in [3.05, 3.63) is 163 Å². The van der Waals surface area contributed by atoms with E-state index >= 15 is 0 Å². The molecule has 0 bridgehead atoms. The van der Waals surface area contributed by atoms with E-state index in [4.69, 9.17) is 0 Å². The van der Waals surface area contributed by atoms with Crippen LogP contribution in [-0.2, 0) is 10.8 Å². The lowest BCUT2D eigenvalue weighted by atomic mass is 9.82. The third-order valence-corrected chi connectivity index (χ3v) is 9.29. The first-order valence-corrected chi connectivity index (χ1v) is 15.7. The van der Waals surface area contributed by atoms with Crippen molar-refractivity contribution in [2.24, 2.45) is 0 Å². The van der Waals surface area contributed by atoms with Crippen LogP contribution in [0.2, 0.25) is 0 Å². The van der Waals surface area contributed by atoms with Crippen molar-refractivity contribution in [2.75, 3.05) is 4.90 Å². The smallest absolute Gasteiger partial charge is 0.0462 e. The van der Waals surface area contributed by atoms with Crippen LogP contribution in [0.1, 0.15) is 45.2 Å². The fraction of sp³-hybridized carbons (Fsp3) is 0.163. The molecule has 7 rings (SSSR count). The summed E-state index contributed by atoms with van der Waals surface area (Å²) in [6.45, 7) is 9.53. The summed E-state index contributed by atoms with van der Waals surface area (Å²) >= 11 is 0. The largest absolute Gasteiger partial charge is 0.311 e. The van der Waals surface area contributed by atoms with E-state index in [9.17, 15) is 0 Å². The molecule has 0 spiro atoms. The van der Waals surface area contributed by atoms with Crippen molar-refractivity contribution in [1.29, 1.82) is 0 Å². The van der Waals surface area contributed by atoms with Crippen molar-refractivity contribution in [3.63, 3.8) is 0 Å². The van der Waals surface area contributed by atoms with Gasteiger partial charge in [0.25, 0.3) is 0 Å². The molecule has 0 amide bonds. The average molecular weight is 570 g/mol. The minimum absolute atomic E-state index is 0.184. The van der Waals surface area contributed by atoms with Gasteiger partial charge in [-0.2, -0.15) is 0 Å². The fourth-order valence-electron chi connectivity index (χ4n) is 7.29. The van der Waals surface area contributed by atoms with E-state index in [1.54, 1.807) is 0 Å². The first kappa shape index (κ1) is 27.9. The molecule has 0 aliphatic heterocycles. The molecule has 0 aromatic heterocycles. The first-order valence-electron chi connectivity index (χ1n) is 15.7. The highest BCUT2D eigenvalue weighted by Crippen LogP contribution is 2.50. The summed E-state index contributed by atoms with van der Waals surface area (Å²) in [6, 6.07) is 55.1. The number of fused-ring (bicyclic) bond motifs is 1. The third kappa shape index (κ3) is 5.24. The summed E-state index contributed by atoms with van der Waals surface area (Å²) in [4.78, 5) is 2.35. The Morgan fingerprint density at radius 2 is 0.705 bits per heavy atom. The molecule has 0 atom stereocenters. The maximum atomic E-state index is 2.43. The third-order valence-electron chi connectivity index (χ3n) is 9.29. The molecule has 0 radical (unpaired) electrons. The maximum absolute atomic E-state index is 2.43. The van der Waals surface area contributed by atoms with Crippen LogP contribution >= 0.6 is 0 Å². The lowest BCUT2D eigenvalue weighted by molar-refractivity contribution is 0.403. The Bertz CT molecular complexity index is 1800. The second-order valence-electron chi connectivity index (χ2n) is 13.4. The second-order valence-corrected chi connectivity index (χ2v) is 13.4. The molecule has 6 aromatic rings. The molecule has 0 N–H and O–H groups in total. The molecule has 0 fully saturated rings. The minimum atomic E-state index is 0.184. The highest BCUT2D eigenvalue weighted by molar-refractivity contribution is 5.81. The molecule has 44 heavy (non-hydrogen) atoms. The van der Waals surface area contributed by atoms with Crippen molar-refractivity contribution in [1.82, 2.24) is 0 Å². The summed E-state index contributed by atoms with van der Waals surface area (Å²) < 4.78 is 0. The van der Waals surface area contributed by atoms with Crippen molar-refractivity contribution < 1.29 is 0 Å². The Labute approximate surface area is 262 Å². The highest BCUT2D eigenvalue weighted by Gasteiger charge is 2.41.